The molecule has 1 N–H and O–H groups in total. The molecule has 2 rings (SSSR count). The van der Waals surface area contributed by atoms with Crippen molar-refractivity contribution in [3.05, 3.63) is 72.5 Å². The SMILES string of the molecule is CCCCN(NC1CCCCCCCCCCCC1)C1=C/C=C\C=C/C=C\C=C/C=C\1. The van der Waals surface area contributed by atoms with Crippen molar-refractivity contribution in [1.82, 2.24) is 10.4 Å². The largest absolute Gasteiger partial charge is 0.308 e. The van der Waals surface area contributed by atoms with Gasteiger partial charge in [0.15, 0.2) is 0 Å². The monoisotopic (exact) mass is 422 g/mol. The third-order valence-corrected chi connectivity index (χ3v) is 6.16. The number of rotatable bonds is 6. The molecule has 1 saturated carbocycles. The van der Waals surface area contributed by atoms with Crippen molar-refractivity contribution < 1.29 is 0 Å². The van der Waals surface area contributed by atoms with Crippen molar-refractivity contribution in [2.45, 2.75) is 103 Å². The maximum atomic E-state index is 3.96. The summed E-state index contributed by atoms with van der Waals surface area (Å²) in [6, 6.07) is 0.579. The molecule has 2 nitrogen and oxygen atoms in total. The third kappa shape index (κ3) is 12.6. The van der Waals surface area contributed by atoms with Gasteiger partial charge in [-0.15, -0.1) is 0 Å². The van der Waals surface area contributed by atoms with E-state index in [9.17, 15) is 0 Å². The van der Waals surface area contributed by atoms with E-state index >= 15 is 0 Å². The molecule has 31 heavy (non-hydrogen) atoms. The van der Waals surface area contributed by atoms with Gasteiger partial charge in [0.2, 0.25) is 0 Å². The van der Waals surface area contributed by atoms with Crippen LogP contribution >= 0.6 is 0 Å². The zero-order valence-corrected chi connectivity index (χ0v) is 20.0. The van der Waals surface area contributed by atoms with E-state index < -0.39 is 0 Å². The molecule has 0 aromatic heterocycles. The molecule has 0 aromatic rings. The second-order valence-corrected chi connectivity index (χ2v) is 8.93. The average molecular weight is 423 g/mol. The fraction of sp³-hybridized carbons (Fsp3) is 0.586. The predicted octanol–water partition coefficient (Wildman–Crippen LogP) is 8.34. The Labute approximate surface area is 192 Å². The van der Waals surface area contributed by atoms with Crippen LogP contribution in [0.1, 0.15) is 96.8 Å². The first kappa shape index (κ1) is 25.5. The summed E-state index contributed by atoms with van der Waals surface area (Å²) in [6.45, 7) is 3.33. The summed E-state index contributed by atoms with van der Waals surface area (Å²) in [5.74, 6) is 0. The molecule has 172 valence electrons. The van der Waals surface area contributed by atoms with Crippen LogP contribution in [0.4, 0.5) is 0 Å². The molecule has 0 amide bonds. The predicted molar refractivity (Wildman–Crippen MR) is 138 cm³/mol. The first-order valence-corrected chi connectivity index (χ1v) is 13.0. The zero-order chi connectivity index (χ0) is 21.8. The molecular weight excluding hydrogens is 376 g/mol. The van der Waals surface area contributed by atoms with E-state index in [1.807, 2.05) is 0 Å². The Hall–Kier alpha value is -1.80. The van der Waals surface area contributed by atoms with E-state index in [4.69, 9.17) is 0 Å². The van der Waals surface area contributed by atoms with Crippen LogP contribution in [0.25, 0.3) is 0 Å². The van der Waals surface area contributed by atoms with E-state index in [0.29, 0.717) is 6.04 Å². The minimum absolute atomic E-state index is 0.579. The summed E-state index contributed by atoms with van der Waals surface area (Å²) in [5.41, 5.74) is 5.21. The van der Waals surface area contributed by atoms with Gasteiger partial charge in [0.25, 0.3) is 0 Å². The van der Waals surface area contributed by atoms with Gasteiger partial charge in [0.05, 0.1) is 5.70 Å². The maximum absolute atomic E-state index is 3.96. The van der Waals surface area contributed by atoms with E-state index in [2.05, 4.69) is 84.2 Å². The maximum Gasteiger partial charge on any atom is 0.0519 e. The van der Waals surface area contributed by atoms with E-state index in [1.54, 1.807) is 0 Å². The van der Waals surface area contributed by atoms with Crippen molar-refractivity contribution in [1.29, 1.82) is 0 Å². The number of hydrazine groups is 1. The van der Waals surface area contributed by atoms with Crippen LogP contribution in [-0.4, -0.2) is 17.6 Å². The molecule has 0 radical (unpaired) electrons. The lowest BCUT2D eigenvalue weighted by molar-refractivity contribution is 0.193. The molecule has 0 spiro atoms. The Morgan fingerprint density at radius 3 is 1.71 bits per heavy atom. The van der Waals surface area contributed by atoms with Crippen LogP contribution in [0, 0.1) is 0 Å². The lowest BCUT2D eigenvalue weighted by atomic mass is 10.0. The minimum Gasteiger partial charge on any atom is -0.308 e. The number of hydrogen-bond donors (Lipinski definition) is 1. The summed E-state index contributed by atoms with van der Waals surface area (Å²) in [5, 5.41) is 2.42. The molecule has 0 saturated heterocycles. The summed E-state index contributed by atoms with van der Waals surface area (Å²) in [6.07, 6.45) is 42.5. The Balaban J connectivity index is 2.09. The molecule has 0 aliphatic heterocycles. The van der Waals surface area contributed by atoms with E-state index in [1.165, 1.54) is 95.6 Å². The summed E-state index contributed by atoms with van der Waals surface area (Å²) >= 11 is 0. The van der Waals surface area contributed by atoms with Gasteiger partial charge in [0.1, 0.15) is 0 Å². The smallest absolute Gasteiger partial charge is 0.0519 e. The third-order valence-electron chi connectivity index (χ3n) is 6.16. The molecule has 0 aromatic carbocycles. The fourth-order valence-corrected chi connectivity index (χ4v) is 4.27. The molecule has 0 unspecified atom stereocenters. The standard InChI is InChI=1S/C29H46N2/c1-2-3-27-31(29-25-21-17-13-9-6-10-14-18-22-26-29)30-28-23-19-15-11-7-4-5-8-12-16-20-24-28/h6,9-10,13-14,17-18,21-22,25-26,28,30H,2-5,7-8,11-12,15-16,19-20,23-24,27H2,1H3/b9-6-,10-6?,13-9?,14-10-,17-13-,18-14?,21-17?,22-18-,25-21-,26-22?,29-25?,29-26+. The molecule has 0 heterocycles. The molecule has 2 aliphatic carbocycles. The van der Waals surface area contributed by atoms with Gasteiger partial charge >= 0.3 is 0 Å². The van der Waals surface area contributed by atoms with Crippen LogP contribution in [0.15, 0.2) is 72.5 Å². The second kappa shape index (κ2) is 17.8. The quantitative estimate of drug-likeness (QED) is 0.433. The van der Waals surface area contributed by atoms with Crippen LogP contribution < -0.4 is 5.43 Å². The van der Waals surface area contributed by atoms with Crippen LogP contribution in [0.2, 0.25) is 0 Å². The van der Waals surface area contributed by atoms with Crippen molar-refractivity contribution >= 4 is 0 Å². The first-order valence-electron chi connectivity index (χ1n) is 13.0. The van der Waals surface area contributed by atoms with Crippen LogP contribution in [0.5, 0.6) is 0 Å². The van der Waals surface area contributed by atoms with Crippen molar-refractivity contribution in [3.8, 4) is 0 Å². The number of allylic oxidation sites excluding steroid dienone is 11. The van der Waals surface area contributed by atoms with Gasteiger partial charge < -0.3 is 5.01 Å². The molecule has 0 atom stereocenters. The van der Waals surface area contributed by atoms with Gasteiger partial charge in [-0.3, -0.25) is 0 Å². The van der Waals surface area contributed by atoms with Gasteiger partial charge in [-0.25, -0.2) is 5.43 Å². The number of nitrogens with zero attached hydrogens (tertiary/aromatic N) is 1. The van der Waals surface area contributed by atoms with Crippen molar-refractivity contribution in [2.24, 2.45) is 0 Å². The Bertz CT molecular complexity index is 607. The number of unbranched alkanes of at least 4 members (excludes halogenated alkanes) is 1. The highest BCUT2D eigenvalue weighted by atomic mass is 15.5. The molecule has 0 bridgehead atoms. The van der Waals surface area contributed by atoms with Gasteiger partial charge in [-0.1, -0.05) is 132 Å². The Morgan fingerprint density at radius 1 is 0.677 bits per heavy atom. The molecular formula is C29H46N2. The topological polar surface area (TPSA) is 15.3 Å². The van der Waals surface area contributed by atoms with Gasteiger partial charge in [-0.05, 0) is 31.4 Å². The number of nitrogens with one attached hydrogen (secondary N) is 1. The minimum atomic E-state index is 0.579. The molecule has 2 heteroatoms. The highest BCUT2D eigenvalue weighted by molar-refractivity contribution is 5.29. The van der Waals surface area contributed by atoms with Crippen molar-refractivity contribution in [3.63, 3.8) is 0 Å². The lowest BCUT2D eigenvalue weighted by Gasteiger charge is -2.32. The zero-order valence-electron chi connectivity index (χ0n) is 20.0. The van der Waals surface area contributed by atoms with Crippen molar-refractivity contribution in [2.75, 3.05) is 6.54 Å². The Morgan fingerprint density at radius 2 is 1.16 bits per heavy atom. The van der Waals surface area contributed by atoms with Crippen LogP contribution in [0.3, 0.4) is 0 Å². The normalized spacial score (nSPS) is 26.9. The summed E-state index contributed by atoms with van der Waals surface area (Å²) in [4.78, 5) is 0. The van der Waals surface area contributed by atoms with E-state index in [0.717, 1.165) is 6.54 Å². The second-order valence-electron chi connectivity index (χ2n) is 8.93. The number of hydrogen-bond acceptors (Lipinski definition) is 2. The first-order chi connectivity index (χ1) is 15.4. The molecule has 1 fully saturated rings. The van der Waals surface area contributed by atoms with E-state index in [-0.39, 0.29) is 0 Å². The van der Waals surface area contributed by atoms with Gasteiger partial charge in [-0.2, -0.15) is 0 Å². The average Bonchev–Trinajstić information content (AvgIpc) is 2.79. The van der Waals surface area contributed by atoms with Gasteiger partial charge in [0, 0.05) is 12.6 Å². The fourth-order valence-electron chi connectivity index (χ4n) is 4.27. The summed E-state index contributed by atoms with van der Waals surface area (Å²) < 4.78 is 0. The Kier molecular flexibility index (Phi) is 14.7. The molecule has 2 aliphatic rings. The highest BCUT2D eigenvalue weighted by Crippen LogP contribution is 2.18. The lowest BCUT2D eigenvalue weighted by Crippen LogP contribution is -2.44. The summed E-state index contributed by atoms with van der Waals surface area (Å²) in [7, 11) is 0. The van der Waals surface area contributed by atoms with Crippen LogP contribution in [-0.2, 0) is 0 Å². The highest BCUT2D eigenvalue weighted by Gasteiger charge is 2.14.